The molecule has 0 aliphatic rings. The van der Waals surface area contributed by atoms with E-state index in [1.54, 1.807) is 11.9 Å². The minimum absolute atomic E-state index is 0.219. The van der Waals surface area contributed by atoms with Crippen LogP contribution in [0.1, 0.15) is 21.9 Å². The Morgan fingerprint density at radius 2 is 1.74 bits per heavy atom. The predicted molar refractivity (Wildman–Crippen MR) is 119 cm³/mol. The Hall–Kier alpha value is -4.06. The Kier molecular flexibility index (Phi) is 4.88. The van der Waals surface area contributed by atoms with Crippen molar-refractivity contribution in [3.63, 3.8) is 0 Å². The number of benzene rings is 3. The number of aromatic amines is 1. The van der Waals surface area contributed by atoms with Gasteiger partial charge in [0.1, 0.15) is 23.8 Å². The second-order valence-corrected chi connectivity index (χ2v) is 7.37. The highest BCUT2D eigenvalue weighted by Crippen LogP contribution is 2.28. The summed E-state index contributed by atoms with van der Waals surface area (Å²) in [7, 11) is 1.74. The van der Waals surface area contributed by atoms with Crippen LogP contribution >= 0.6 is 0 Å². The number of nitrogens with one attached hydrogen (secondary N) is 1. The van der Waals surface area contributed by atoms with Gasteiger partial charge >= 0.3 is 0 Å². The van der Waals surface area contributed by atoms with Gasteiger partial charge in [-0.3, -0.25) is 4.79 Å². The third-order valence-electron chi connectivity index (χ3n) is 5.19. The molecule has 5 aromatic rings. The van der Waals surface area contributed by atoms with E-state index in [1.165, 1.54) is 0 Å². The van der Waals surface area contributed by atoms with Gasteiger partial charge in [-0.25, -0.2) is 4.98 Å². The first-order valence-electron chi connectivity index (χ1n) is 10.1. The molecule has 0 fully saturated rings. The van der Waals surface area contributed by atoms with E-state index in [0.29, 0.717) is 12.1 Å². The molecule has 2 aromatic heterocycles. The average Bonchev–Trinajstić information content (AvgIpc) is 3.38. The number of carbonyl (C=O) groups excluding carboxylic acids is 1. The van der Waals surface area contributed by atoms with Crippen LogP contribution in [0.15, 0.2) is 83.3 Å². The lowest BCUT2D eigenvalue weighted by Crippen LogP contribution is -2.27. The zero-order valence-electron chi connectivity index (χ0n) is 17.0. The molecule has 0 atom stereocenters. The first kappa shape index (κ1) is 18.9. The van der Waals surface area contributed by atoms with E-state index in [4.69, 9.17) is 9.15 Å². The smallest absolute Gasteiger partial charge is 0.290 e. The summed E-state index contributed by atoms with van der Waals surface area (Å²) in [5.41, 5.74) is 3.22. The lowest BCUT2D eigenvalue weighted by molar-refractivity contribution is 0.0749. The van der Waals surface area contributed by atoms with Crippen molar-refractivity contribution in [1.29, 1.82) is 0 Å². The van der Waals surface area contributed by atoms with Crippen LogP contribution in [-0.4, -0.2) is 27.8 Å². The number of ether oxygens (including phenoxy) is 1. The number of hydrogen-bond acceptors (Lipinski definition) is 4. The maximum absolute atomic E-state index is 13.3. The van der Waals surface area contributed by atoms with Gasteiger partial charge in [-0.15, -0.1) is 0 Å². The van der Waals surface area contributed by atoms with Crippen LogP contribution in [-0.2, 0) is 13.2 Å². The molecule has 0 saturated heterocycles. The number of aromatic nitrogens is 2. The van der Waals surface area contributed by atoms with Crippen molar-refractivity contribution in [1.82, 2.24) is 14.9 Å². The molecule has 31 heavy (non-hydrogen) atoms. The number of hydrogen-bond donors (Lipinski definition) is 1. The molecule has 0 radical (unpaired) electrons. The molecule has 2 heterocycles. The Balaban J connectivity index is 1.43. The fraction of sp³-hybridized carbons (Fsp3) is 0.120. The van der Waals surface area contributed by atoms with E-state index in [-0.39, 0.29) is 18.3 Å². The van der Waals surface area contributed by atoms with Crippen molar-refractivity contribution in [2.45, 2.75) is 13.2 Å². The standard InChI is InChI=1S/C25H21N3O3/c1-28(15-23-26-20-12-6-7-13-21(20)27-23)25(29)24-19(16-30-17-9-3-2-4-10-17)18-11-5-8-14-22(18)31-24/h2-14H,15-16H2,1H3,(H,26,27). The summed E-state index contributed by atoms with van der Waals surface area (Å²) in [6.07, 6.45) is 0. The topological polar surface area (TPSA) is 71.4 Å². The molecule has 0 saturated carbocycles. The highest BCUT2D eigenvalue weighted by Gasteiger charge is 2.24. The van der Waals surface area contributed by atoms with Gasteiger partial charge in [-0.2, -0.15) is 0 Å². The molecule has 0 aliphatic carbocycles. The third-order valence-corrected chi connectivity index (χ3v) is 5.19. The van der Waals surface area contributed by atoms with Crippen LogP contribution in [0.3, 0.4) is 0 Å². The molecule has 5 rings (SSSR count). The van der Waals surface area contributed by atoms with Gasteiger partial charge in [0, 0.05) is 18.0 Å². The number of para-hydroxylation sites is 4. The van der Waals surface area contributed by atoms with Crippen LogP contribution < -0.4 is 4.74 Å². The van der Waals surface area contributed by atoms with Gasteiger partial charge in [0.15, 0.2) is 5.76 Å². The van der Waals surface area contributed by atoms with E-state index >= 15 is 0 Å². The fourth-order valence-corrected chi connectivity index (χ4v) is 3.64. The molecule has 1 amide bonds. The quantitative estimate of drug-likeness (QED) is 0.419. The molecule has 0 bridgehead atoms. The lowest BCUT2D eigenvalue weighted by Gasteiger charge is -2.15. The zero-order chi connectivity index (χ0) is 21.2. The second kappa shape index (κ2) is 7.99. The maximum Gasteiger partial charge on any atom is 0.290 e. The van der Waals surface area contributed by atoms with Crippen LogP contribution in [0.4, 0.5) is 0 Å². The number of amides is 1. The highest BCUT2D eigenvalue weighted by molar-refractivity contribution is 5.99. The van der Waals surface area contributed by atoms with E-state index in [1.807, 2.05) is 78.9 Å². The third kappa shape index (κ3) is 3.75. The van der Waals surface area contributed by atoms with E-state index in [2.05, 4.69) is 9.97 Å². The van der Waals surface area contributed by atoms with Crippen LogP contribution in [0, 0.1) is 0 Å². The molecule has 6 nitrogen and oxygen atoms in total. The number of rotatable bonds is 6. The van der Waals surface area contributed by atoms with Crippen molar-refractivity contribution < 1.29 is 13.9 Å². The van der Waals surface area contributed by atoms with Gasteiger partial charge in [0.25, 0.3) is 5.91 Å². The summed E-state index contributed by atoms with van der Waals surface area (Å²) in [6.45, 7) is 0.574. The Morgan fingerprint density at radius 3 is 2.58 bits per heavy atom. The van der Waals surface area contributed by atoms with Crippen molar-refractivity contribution >= 4 is 27.9 Å². The van der Waals surface area contributed by atoms with Gasteiger partial charge in [0.2, 0.25) is 0 Å². The largest absolute Gasteiger partial charge is 0.489 e. The van der Waals surface area contributed by atoms with Crippen LogP contribution in [0.5, 0.6) is 5.75 Å². The minimum atomic E-state index is -0.219. The molecule has 1 N–H and O–H groups in total. The molecule has 3 aromatic carbocycles. The number of H-pyrrole nitrogens is 1. The number of nitrogens with zero attached hydrogens (tertiary/aromatic N) is 2. The van der Waals surface area contributed by atoms with Gasteiger partial charge < -0.3 is 19.0 Å². The van der Waals surface area contributed by atoms with Crippen LogP contribution in [0.25, 0.3) is 22.0 Å². The molecule has 0 unspecified atom stereocenters. The van der Waals surface area contributed by atoms with Gasteiger partial charge in [-0.05, 0) is 30.3 Å². The van der Waals surface area contributed by atoms with Crippen molar-refractivity contribution in [3.8, 4) is 5.75 Å². The summed E-state index contributed by atoms with van der Waals surface area (Å²) in [4.78, 5) is 22.7. The van der Waals surface area contributed by atoms with E-state index in [0.717, 1.165) is 33.6 Å². The van der Waals surface area contributed by atoms with Crippen LogP contribution in [0.2, 0.25) is 0 Å². The molecular formula is C25H21N3O3. The molecule has 0 spiro atoms. The Morgan fingerprint density at radius 1 is 1.00 bits per heavy atom. The molecule has 6 heteroatoms. The zero-order valence-corrected chi connectivity index (χ0v) is 17.0. The average molecular weight is 411 g/mol. The number of furan rings is 1. The summed E-state index contributed by atoms with van der Waals surface area (Å²) >= 11 is 0. The predicted octanol–water partition coefficient (Wildman–Crippen LogP) is 5.16. The van der Waals surface area contributed by atoms with Crippen molar-refractivity contribution in [3.05, 3.63) is 96.0 Å². The normalized spacial score (nSPS) is 11.1. The Bertz CT molecular complexity index is 1320. The van der Waals surface area contributed by atoms with E-state index < -0.39 is 0 Å². The van der Waals surface area contributed by atoms with Crippen molar-refractivity contribution in [2.24, 2.45) is 0 Å². The second-order valence-electron chi connectivity index (χ2n) is 7.37. The number of fused-ring (bicyclic) bond motifs is 2. The van der Waals surface area contributed by atoms with Gasteiger partial charge in [0.05, 0.1) is 17.6 Å². The summed E-state index contributed by atoms with van der Waals surface area (Å²) in [5, 5.41) is 0.874. The van der Waals surface area contributed by atoms with E-state index in [9.17, 15) is 4.79 Å². The molecular weight excluding hydrogens is 390 g/mol. The summed E-state index contributed by atoms with van der Waals surface area (Å²) < 4.78 is 11.9. The maximum atomic E-state index is 13.3. The minimum Gasteiger partial charge on any atom is -0.489 e. The summed E-state index contributed by atoms with van der Waals surface area (Å²) in [6, 6.07) is 24.9. The highest BCUT2D eigenvalue weighted by atomic mass is 16.5. The lowest BCUT2D eigenvalue weighted by atomic mass is 10.1. The first-order chi connectivity index (χ1) is 15.2. The summed E-state index contributed by atoms with van der Waals surface area (Å²) in [5.74, 6) is 1.52. The van der Waals surface area contributed by atoms with Crippen molar-refractivity contribution in [2.75, 3.05) is 7.05 Å². The molecule has 0 aliphatic heterocycles. The number of imidazole rings is 1. The SMILES string of the molecule is CN(Cc1nc2ccccc2[nH]1)C(=O)c1oc2ccccc2c1COc1ccccc1. The first-order valence-corrected chi connectivity index (χ1v) is 10.1. The fourth-order valence-electron chi connectivity index (χ4n) is 3.64. The Labute approximate surface area is 179 Å². The number of carbonyl (C=O) groups is 1. The monoisotopic (exact) mass is 411 g/mol. The van der Waals surface area contributed by atoms with Gasteiger partial charge in [-0.1, -0.05) is 48.5 Å². The molecule has 154 valence electrons.